The summed E-state index contributed by atoms with van der Waals surface area (Å²) in [6.07, 6.45) is 0. The van der Waals surface area contributed by atoms with Crippen LogP contribution in [0.1, 0.15) is 58.8 Å². The lowest BCUT2D eigenvalue weighted by Crippen LogP contribution is -2.53. The predicted molar refractivity (Wildman–Crippen MR) is 83.4 cm³/mol. The maximum atomic E-state index is 12.4. The molecule has 0 radical (unpaired) electrons. The van der Waals surface area contributed by atoms with Crippen molar-refractivity contribution >= 4 is 5.91 Å². The summed E-state index contributed by atoms with van der Waals surface area (Å²) >= 11 is 0. The summed E-state index contributed by atoms with van der Waals surface area (Å²) in [5.74, 6) is 0.0746. The third-order valence-corrected chi connectivity index (χ3v) is 4.00. The van der Waals surface area contributed by atoms with Gasteiger partial charge in [0.1, 0.15) is 0 Å². The quantitative estimate of drug-likeness (QED) is 0.763. The molecule has 0 spiro atoms. The Labute approximate surface area is 118 Å². The molecular weight excluding hydrogens is 234 g/mol. The van der Waals surface area contributed by atoms with E-state index in [0.29, 0.717) is 0 Å². The van der Waals surface area contributed by atoms with Gasteiger partial charge >= 0.3 is 0 Å². The monoisotopic (exact) mass is 263 g/mol. The molecule has 19 heavy (non-hydrogen) atoms. The molecule has 1 aromatic rings. The Morgan fingerprint density at radius 1 is 0.947 bits per heavy atom. The van der Waals surface area contributed by atoms with E-state index in [1.54, 1.807) is 0 Å². The average molecular weight is 263 g/mol. The molecule has 1 rings (SSSR count). The Hall–Kier alpha value is -1.31. The molecule has 2 heteroatoms. The van der Waals surface area contributed by atoms with Gasteiger partial charge in [-0.3, -0.25) is 4.79 Å². The minimum absolute atomic E-state index is 0.0339. The molecule has 1 amide bonds. The summed E-state index contributed by atoms with van der Waals surface area (Å²) in [5.41, 5.74) is 0.582. The van der Waals surface area contributed by atoms with Gasteiger partial charge < -0.3 is 4.90 Å². The van der Waals surface area contributed by atoms with Crippen molar-refractivity contribution < 1.29 is 4.79 Å². The standard InChI is InChI=1S/C15H23NO.C2H6/c1-14(2,3)15(4,5)16(6)13(17)12-10-8-7-9-11-12;1-2/h7-11H,1-6H3;1-2H3. The van der Waals surface area contributed by atoms with Gasteiger partial charge in [-0.05, 0) is 31.4 Å². The van der Waals surface area contributed by atoms with Gasteiger partial charge in [0, 0.05) is 18.2 Å². The Morgan fingerprint density at radius 2 is 1.37 bits per heavy atom. The molecule has 0 saturated heterocycles. The van der Waals surface area contributed by atoms with Crippen LogP contribution in [0.3, 0.4) is 0 Å². The van der Waals surface area contributed by atoms with E-state index in [2.05, 4.69) is 34.6 Å². The third kappa shape index (κ3) is 4.09. The van der Waals surface area contributed by atoms with E-state index in [1.807, 2.05) is 56.1 Å². The number of hydrogen-bond donors (Lipinski definition) is 0. The zero-order chi connectivity index (χ0) is 15.3. The number of carbonyl (C=O) groups is 1. The van der Waals surface area contributed by atoms with Gasteiger partial charge in [-0.1, -0.05) is 52.8 Å². The van der Waals surface area contributed by atoms with Crippen molar-refractivity contribution in [3.8, 4) is 0 Å². The van der Waals surface area contributed by atoms with E-state index in [0.717, 1.165) is 5.56 Å². The molecule has 108 valence electrons. The van der Waals surface area contributed by atoms with Crippen molar-refractivity contribution in [3.63, 3.8) is 0 Å². The normalized spacial score (nSPS) is 11.4. The number of carbonyl (C=O) groups excluding carboxylic acids is 1. The number of hydrogen-bond acceptors (Lipinski definition) is 1. The molecule has 0 aliphatic rings. The molecule has 2 nitrogen and oxygen atoms in total. The van der Waals surface area contributed by atoms with E-state index in [1.165, 1.54) is 0 Å². The Balaban J connectivity index is 0.00000154. The van der Waals surface area contributed by atoms with Gasteiger partial charge in [0.15, 0.2) is 0 Å². The number of rotatable bonds is 2. The fraction of sp³-hybridized carbons (Fsp3) is 0.588. The van der Waals surface area contributed by atoms with Crippen molar-refractivity contribution in [1.82, 2.24) is 4.90 Å². The van der Waals surface area contributed by atoms with Crippen LogP contribution in [0.4, 0.5) is 0 Å². The molecule has 0 saturated carbocycles. The lowest BCUT2D eigenvalue weighted by atomic mass is 9.75. The minimum atomic E-state index is -0.195. The largest absolute Gasteiger partial charge is 0.336 e. The topological polar surface area (TPSA) is 20.3 Å². The number of nitrogens with zero attached hydrogens (tertiary/aromatic N) is 1. The van der Waals surface area contributed by atoms with E-state index >= 15 is 0 Å². The molecule has 0 heterocycles. The first kappa shape index (κ1) is 17.7. The van der Waals surface area contributed by atoms with Crippen molar-refractivity contribution in [1.29, 1.82) is 0 Å². The highest BCUT2D eigenvalue weighted by Crippen LogP contribution is 2.34. The molecular formula is C17H29NO. The van der Waals surface area contributed by atoms with E-state index < -0.39 is 0 Å². The summed E-state index contributed by atoms with van der Waals surface area (Å²) in [6, 6.07) is 9.43. The second-order valence-corrected chi connectivity index (χ2v) is 6.04. The van der Waals surface area contributed by atoms with Gasteiger partial charge in [0.2, 0.25) is 0 Å². The average Bonchev–Trinajstić information content (AvgIpc) is 2.39. The van der Waals surface area contributed by atoms with Gasteiger partial charge in [-0.2, -0.15) is 0 Å². The molecule has 1 aromatic carbocycles. The van der Waals surface area contributed by atoms with Crippen LogP contribution >= 0.6 is 0 Å². The van der Waals surface area contributed by atoms with Crippen LogP contribution in [0.25, 0.3) is 0 Å². The smallest absolute Gasteiger partial charge is 0.254 e. The fourth-order valence-electron chi connectivity index (χ4n) is 1.53. The van der Waals surface area contributed by atoms with E-state index in [4.69, 9.17) is 0 Å². The van der Waals surface area contributed by atoms with Crippen LogP contribution in [0.5, 0.6) is 0 Å². The fourth-order valence-corrected chi connectivity index (χ4v) is 1.53. The van der Waals surface area contributed by atoms with Crippen LogP contribution in [0.15, 0.2) is 30.3 Å². The molecule has 0 aliphatic carbocycles. The van der Waals surface area contributed by atoms with Gasteiger partial charge in [0.05, 0.1) is 0 Å². The van der Waals surface area contributed by atoms with Gasteiger partial charge in [-0.25, -0.2) is 0 Å². The maximum absolute atomic E-state index is 12.4. The number of amides is 1. The first-order valence-corrected chi connectivity index (χ1v) is 7.01. The van der Waals surface area contributed by atoms with Gasteiger partial charge in [0.25, 0.3) is 5.91 Å². The highest BCUT2D eigenvalue weighted by atomic mass is 16.2. The summed E-state index contributed by atoms with van der Waals surface area (Å²) < 4.78 is 0. The third-order valence-electron chi connectivity index (χ3n) is 4.00. The zero-order valence-electron chi connectivity index (χ0n) is 13.7. The molecule has 0 aromatic heterocycles. The Bertz CT molecular complexity index is 387. The highest BCUT2D eigenvalue weighted by Gasteiger charge is 2.38. The highest BCUT2D eigenvalue weighted by molar-refractivity contribution is 5.94. The molecule has 0 fully saturated rings. The summed E-state index contributed by atoms with van der Waals surface area (Å²) in [6.45, 7) is 14.7. The summed E-state index contributed by atoms with van der Waals surface area (Å²) in [7, 11) is 1.88. The zero-order valence-corrected chi connectivity index (χ0v) is 13.7. The predicted octanol–water partition coefficient (Wildman–Crippen LogP) is 4.61. The first-order valence-electron chi connectivity index (χ1n) is 7.01. The lowest BCUT2D eigenvalue weighted by molar-refractivity contribution is 0.0309. The van der Waals surface area contributed by atoms with Crippen LogP contribution in [0.2, 0.25) is 0 Å². The van der Waals surface area contributed by atoms with Crippen LogP contribution in [-0.2, 0) is 0 Å². The molecule has 0 bridgehead atoms. The maximum Gasteiger partial charge on any atom is 0.254 e. The summed E-state index contributed by atoms with van der Waals surface area (Å²) in [5, 5.41) is 0. The molecule has 0 atom stereocenters. The Morgan fingerprint density at radius 3 is 1.74 bits per heavy atom. The van der Waals surface area contributed by atoms with Crippen LogP contribution < -0.4 is 0 Å². The van der Waals surface area contributed by atoms with Gasteiger partial charge in [-0.15, -0.1) is 0 Å². The first-order chi connectivity index (χ1) is 8.68. The van der Waals surface area contributed by atoms with Crippen LogP contribution in [0, 0.1) is 5.41 Å². The summed E-state index contributed by atoms with van der Waals surface area (Å²) in [4.78, 5) is 14.2. The van der Waals surface area contributed by atoms with Crippen molar-refractivity contribution in [2.75, 3.05) is 7.05 Å². The Kier molecular flexibility index (Phi) is 6.28. The molecule has 0 unspecified atom stereocenters. The molecule has 0 N–H and O–H groups in total. The second-order valence-electron chi connectivity index (χ2n) is 6.04. The second kappa shape index (κ2) is 6.74. The van der Waals surface area contributed by atoms with Crippen molar-refractivity contribution in [2.24, 2.45) is 5.41 Å². The van der Waals surface area contributed by atoms with Crippen molar-refractivity contribution in [3.05, 3.63) is 35.9 Å². The lowest BCUT2D eigenvalue weighted by Gasteiger charge is -2.46. The number of benzene rings is 1. The molecule has 0 aliphatic heterocycles. The van der Waals surface area contributed by atoms with E-state index in [9.17, 15) is 4.79 Å². The SMILES string of the molecule is CC.CN(C(=O)c1ccccc1)C(C)(C)C(C)(C)C. The van der Waals surface area contributed by atoms with E-state index in [-0.39, 0.29) is 16.9 Å². The minimum Gasteiger partial charge on any atom is -0.336 e. The van der Waals surface area contributed by atoms with Crippen molar-refractivity contribution in [2.45, 2.75) is 54.0 Å². The van der Waals surface area contributed by atoms with Crippen LogP contribution in [-0.4, -0.2) is 23.4 Å².